The van der Waals surface area contributed by atoms with Crippen molar-refractivity contribution in [1.82, 2.24) is 10.2 Å². The lowest BCUT2D eigenvalue weighted by atomic mass is 9.98. The quantitative estimate of drug-likeness (QED) is 0.588. The maximum Gasteiger partial charge on any atom is 0.246 e. The molecule has 2 unspecified atom stereocenters. The molecule has 0 aliphatic carbocycles. The summed E-state index contributed by atoms with van der Waals surface area (Å²) in [6, 6.07) is -0.764. The van der Waals surface area contributed by atoms with Crippen LogP contribution < -0.4 is 5.32 Å². The van der Waals surface area contributed by atoms with E-state index in [4.69, 9.17) is 6.42 Å². The second-order valence-corrected chi connectivity index (χ2v) is 5.10. The van der Waals surface area contributed by atoms with Crippen molar-refractivity contribution in [2.75, 3.05) is 6.54 Å². The zero-order valence-electron chi connectivity index (χ0n) is 11.4. The molecule has 0 saturated carbocycles. The number of carbonyl (C=O) groups excluding carboxylic acids is 2. The zero-order chi connectivity index (χ0) is 13.7. The van der Waals surface area contributed by atoms with E-state index in [2.05, 4.69) is 11.2 Å². The van der Waals surface area contributed by atoms with E-state index in [9.17, 15) is 9.59 Å². The number of nitrogens with one attached hydrogen (secondary N) is 1. The van der Waals surface area contributed by atoms with Crippen molar-refractivity contribution < 1.29 is 9.59 Å². The normalized spacial score (nSPS) is 24.1. The number of hydrogen-bond acceptors (Lipinski definition) is 2. The molecule has 4 heteroatoms. The Kier molecular flexibility index (Phi) is 5.21. The molecule has 0 radical (unpaired) electrons. The third-order valence-corrected chi connectivity index (χ3v) is 3.33. The van der Waals surface area contributed by atoms with Crippen molar-refractivity contribution in [2.24, 2.45) is 5.92 Å². The number of piperazine rings is 1. The van der Waals surface area contributed by atoms with Crippen molar-refractivity contribution >= 4 is 11.8 Å². The Bertz CT molecular complexity index is 357. The summed E-state index contributed by atoms with van der Waals surface area (Å²) in [7, 11) is 0. The van der Waals surface area contributed by atoms with Gasteiger partial charge in [0.1, 0.15) is 12.1 Å². The van der Waals surface area contributed by atoms with E-state index in [0.29, 0.717) is 6.54 Å². The molecule has 0 aromatic heterocycles. The highest BCUT2D eigenvalue weighted by molar-refractivity contribution is 5.96. The summed E-state index contributed by atoms with van der Waals surface area (Å²) in [6.07, 6.45) is 7.65. The van der Waals surface area contributed by atoms with Gasteiger partial charge in [0.15, 0.2) is 0 Å². The van der Waals surface area contributed by atoms with Crippen molar-refractivity contribution in [3.05, 3.63) is 0 Å². The van der Waals surface area contributed by atoms with Crippen molar-refractivity contribution in [3.8, 4) is 12.3 Å². The molecule has 1 rings (SSSR count). The number of carbonyl (C=O) groups is 2. The molecular weight excluding hydrogens is 228 g/mol. The van der Waals surface area contributed by atoms with Crippen LogP contribution in [0.4, 0.5) is 0 Å². The Labute approximate surface area is 109 Å². The SMILES string of the molecule is C#CCCCCN1C(=O)C(C(C)C)NC(=O)C1C. The van der Waals surface area contributed by atoms with Gasteiger partial charge in [-0.3, -0.25) is 9.59 Å². The second kappa shape index (κ2) is 6.44. The smallest absolute Gasteiger partial charge is 0.246 e. The average molecular weight is 250 g/mol. The van der Waals surface area contributed by atoms with E-state index in [1.165, 1.54) is 0 Å². The van der Waals surface area contributed by atoms with E-state index in [0.717, 1.165) is 19.3 Å². The molecule has 1 heterocycles. The first kappa shape index (κ1) is 14.6. The van der Waals surface area contributed by atoms with E-state index in [-0.39, 0.29) is 29.8 Å². The maximum absolute atomic E-state index is 12.3. The summed E-state index contributed by atoms with van der Waals surface area (Å²) >= 11 is 0. The molecule has 0 aromatic carbocycles. The monoisotopic (exact) mass is 250 g/mol. The van der Waals surface area contributed by atoms with Crippen molar-refractivity contribution in [2.45, 2.75) is 52.1 Å². The van der Waals surface area contributed by atoms with E-state index < -0.39 is 0 Å². The van der Waals surface area contributed by atoms with Crippen LogP contribution in [-0.4, -0.2) is 35.3 Å². The van der Waals surface area contributed by atoms with Gasteiger partial charge >= 0.3 is 0 Å². The van der Waals surface area contributed by atoms with E-state index in [1.54, 1.807) is 11.8 Å². The lowest BCUT2D eigenvalue weighted by Gasteiger charge is -2.38. The number of terminal acetylenes is 1. The number of nitrogens with zero attached hydrogens (tertiary/aromatic N) is 1. The molecule has 0 aromatic rings. The maximum atomic E-state index is 12.3. The van der Waals surface area contributed by atoms with Gasteiger partial charge in [0.2, 0.25) is 11.8 Å². The highest BCUT2D eigenvalue weighted by Crippen LogP contribution is 2.16. The van der Waals surface area contributed by atoms with Gasteiger partial charge < -0.3 is 10.2 Å². The van der Waals surface area contributed by atoms with Crippen molar-refractivity contribution in [3.63, 3.8) is 0 Å². The lowest BCUT2D eigenvalue weighted by Crippen LogP contribution is -2.63. The van der Waals surface area contributed by atoms with Crippen LogP contribution in [0.2, 0.25) is 0 Å². The first-order valence-electron chi connectivity index (χ1n) is 6.53. The summed E-state index contributed by atoms with van der Waals surface area (Å²) in [5.74, 6) is 2.66. The van der Waals surface area contributed by atoms with Crippen molar-refractivity contribution in [1.29, 1.82) is 0 Å². The molecular formula is C14H22N2O2. The fourth-order valence-corrected chi connectivity index (χ4v) is 2.11. The summed E-state index contributed by atoms with van der Waals surface area (Å²) < 4.78 is 0. The van der Waals surface area contributed by atoms with Crippen LogP contribution >= 0.6 is 0 Å². The van der Waals surface area contributed by atoms with Gasteiger partial charge in [0, 0.05) is 13.0 Å². The largest absolute Gasteiger partial charge is 0.342 e. The minimum absolute atomic E-state index is 0.0257. The molecule has 1 N–H and O–H groups in total. The number of unbranched alkanes of at least 4 members (excludes halogenated alkanes) is 2. The summed E-state index contributed by atoms with van der Waals surface area (Å²) in [5, 5.41) is 2.78. The fourth-order valence-electron chi connectivity index (χ4n) is 2.11. The van der Waals surface area contributed by atoms with Gasteiger partial charge in [-0.05, 0) is 25.7 Å². The minimum Gasteiger partial charge on any atom is -0.342 e. The first-order chi connectivity index (χ1) is 8.49. The van der Waals surface area contributed by atoms with Crippen LogP contribution in [-0.2, 0) is 9.59 Å². The average Bonchev–Trinajstić information content (AvgIpc) is 2.32. The molecule has 2 amide bonds. The molecule has 2 atom stereocenters. The van der Waals surface area contributed by atoms with E-state index >= 15 is 0 Å². The molecule has 4 nitrogen and oxygen atoms in total. The van der Waals surface area contributed by atoms with Gasteiger partial charge in [-0.1, -0.05) is 13.8 Å². The van der Waals surface area contributed by atoms with Crippen LogP contribution in [0.1, 0.15) is 40.0 Å². The standard InChI is InChI=1S/C14H22N2O2/c1-5-6-7-8-9-16-11(4)13(17)15-12(10(2)3)14(16)18/h1,10-12H,6-9H2,2-4H3,(H,15,17). The van der Waals surface area contributed by atoms with Gasteiger partial charge in [0.05, 0.1) is 0 Å². The Hall–Kier alpha value is -1.50. The molecule has 18 heavy (non-hydrogen) atoms. The number of rotatable bonds is 5. The van der Waals surface area contributed by atoms with Crippen LogP contribution in [0.25, 0.3) is 0 Å². The molecule has 1 aliphatic rings. The highest BCUT2D eigenvalue weighted by Gasteiger charge is 2.38. The summed E-state index contributed by atoms with van der Waals surface area (Å²) in [5.41, 5.74) is 0. The molecule has 100 valence electrons. The highest BCUT2D eigenvalue weighted by atomic mass is 16.2. The minimum atomic E-state index is -0.388. The Balaban J connectivity index is 2.64. The zero-order valence-corrected chi connectivity index (χ0v) is 11.4. The molecule has 1 fully saturated rings. The third-order valence-electron chi connectivity index (χ3n) is 3.33. The first-order valence-corrected chi connectivity index (χ1v) is 6.53. The van der Waals surface area contributed by atoms with Crippen LogP contribution in [0.3, 0.4) is 0 Å². The molecule has 0 bridgehead atoms. The molecule has 1 saturated heterocycles. The second-order valence-electron chi connectivity index (χ2n) is 5.10. The van der Waals surface area contributed by atoms with Crippen LogP contribution in [0.15, 0.2) is 0 Å². The predicted octanol–water partition coefficient (Wildman–Crippen LogP) is 1.16. The Morgan fingerprint density at radius 2 is 2.06 bits per heavy atom. The fraction of sp³-hybridized carbons (Fsp3) is 0.714. The van der Waals surface area contributed by atoms with Gasteiger partial charge in [-0.2, -0.15) is 0 Å². The van der Waals surface area contributed by atoms with Crippen LogP contribution in [0, 0.1) is 18.3 Å². The van der Waals surface area contributed by atoms with Gasteiger partial charge in [0.25, 0.3) is 0 Å². The Morgan fingerprint density at radius 3 is 2.61 bits per heavy atom. The lowest BCUT2D eigenvalue weighted by molar-refractivity contribution is -0.149. The predicted molar refractivity (Wildman–Crippen MR) is 70.6 cm³/mol. The third kappa shape index (κ3) is 3.25. The Morgan fingerprint density at radius 1 is 1.39 bits per heavy atom. The number of hydrogen-bond donors (Lipinski definition) is 1. The van der Waals surface area contributed by atoms with E-state index in [1.807, 2.05) is 13.8 Å². The molecule has 0 spiro atoms. The molecule has 1 aliphatic heterocycles. The van der Waals surface area contributed by atoms with Crippen LogP contribution in [0.5, 0.6) is 0 Å². The summed E-state index contributed by atoms with van der Waals surface area (Å²) in [6.45, 7) is 6.26. The summed E-state index contributed by atoms with van der Waals surface area (Å²) in [4.78, 5) is 25.8. The topological polar surface area (TPSA) is 49.4 Å². The number of amides is 2. The van der Waals surface area contributed by atoms with Gasteiger partial charge in [-0.15, -0.1) is 12.3 Å². The van der Waals surface area contributed by atoms with Gasteiger partial charge in [-0.25, -0.2) is 0 Å².